The summed E-state index contributed by atoms with van der Waals surface area (Å²) in [4.78, 5) is 34.4. The fraction of sp³-hybridized carbons (Fsp3) is 0.562. The van der Waals surface area contributed by atoms with Gasteiger partial charge in [-0.1, -0.05) is 0 Å². The van der Waals surface area contributed by atoms with Gasteiger partial charge in [-0.2, -0.15) is 0 Å². The van der Waals surface area contributed by atoms with Crippen molar-refractivity contribution in [2.24, 2.45) is 0 Å². The average molecular weight is 336 g/mol. The van der Waals surface area contributed by atoms with Gasteiger partial charge in [-0.25, -0.2) is 9.78 Å². The lowest BCUT2D eigenvalue weighted by Gasteiger charge is -2.22. The summed E-state index contributed by atoms with van der Waals surface area (Å²) in [5.74, 6) is 0.326. The lowest BCUT2D eigenvalue weighted by molar-refractivity contribution is -0.919. The van der Waals surface area contributed by atoms with Crippen molar-refractivity contribution in [3.63, 3.8) is 0 Å². The number of esters is 1. The fourth-order valence-corrected chi connectivity index (χ4v) is 4.22. The molecule has 2 N–H and O–H groups in total. The van der Waals surface area contributed by atoms with Gasteiger partial charge >= 0.3 is 5.97 Å². The Balaban J connectivity index is 1.94. The van der Waals surface area contributed by atoms with E-state index in [0.717, 1.165) is 19.6 Å². The Hall–Kier alpha value is -1.73. The first-order valence-electron chi connectivity index (χ1n) is 8.13. The minimum absolute atomic E-state index is 0.161. The van der Waals surface area contributed by atoms with Gasteiger partial charge in [-0.3, -0.25) is 4.79 Å². The van der Waals surface area contributed by atoms with Crippen LogP contribution in [0.1, 0.15) is 47.2 Å². The molecule has 0 atom stereocenters. The van der Waals surface area contributed by atoms with Gasteiger partial charge < -0.3 is 14.6 Å². The molecule has 7 heteroatoms. The molecule has 0 bridgehead atoms. The van der Waals surface area contributed by atoms with E-state index in [-0.39, 0.29) is 11.5 Å². The number of nitrogens with zero attached hydrogens (tertiary/aromatic N) is 1. The number of aromatic amines is 1. The summed E-state index contributed by atoms with van der Waals surface area (Å²) in [6.07, 6.45) is 3.75. The van der Waals surface area contributed by atoms with E-state index in [9.17, 15) is 9.59 Å². The van der Waals surface area contributed by atoms with Crippen LogP contribution in [-0.2, 0) is 11.3 Å². The van der Waals surface area contributed by atoms with Crippen LogP contribution >= 0.6 is 11.3 Å². The highest BCUT2D eigenvalue weighted by molar-refractivity contribution is 7.20. The normalized spacial score (nSPS) is 15.9. The summed E-state index contributed by atoms with van der Waals surface area (Å²) in [5, 5.41) is 0.510. The predicted molar refractivity (Wildman–Crippen MR) is 89.2 cm³/mol. The molecular weight excluding hydrogens is 314 g/mol. The zero-order valence-corrected chi connectivity index (χ0v) is 14.3. The molecule has 2 aromatic rings. The predicted octanol–water partition coefficient (Wildman–Crippen LogP) is 1.04. The molecule has 0 amide bonds. The molecule has 0 saturated carbocycles. The Morgan fingerprint density at radius 3 is 2.78 bits per heavy atom. The van der Waals surface area contributed by atoms with Crippen LogP contribution in [-0.4, -0.2) is 35.6 Å². The van der Waals surface area contributed by atoms with Crippen molar-refractivity contribution in [3.05, 3.63) is 26.6 Å². The SMILES string of the molecule is CCOC(=O)c1sc2nc(C[NH+]3CCCCC3)[nH]c(=O)c2c1C. The molecule has 1 aliphatic rings. The van der Waals surface area contributed by atoms with Gasteiger partial charge in [0, 0.05) is 0 Å². The molecule has 1 fully saturated rings. The van der Waals surface area contributed by atoms with Crippen LogP contribution in [0, 0.1) is 6.92 Å². The molecule has 1 aliphatic heterocycles. The number of ether oxygens (including phenoxy) is 1. The van der Waals surface area contributed by atoms with Crippen LogP contribution in [0.15, 0.2) is 4.79 Å². The average Bonchev–Trinajstić information content (AvgIpc) is 2.86. The number of carbonyl (C=O) groups is 1. The summed E-state index contributed by atoms with van der Waals surface area (Å²) in [6.45, 7) is 6.85. The smallest absolute Gasteiger partial charge is 0.348 e. The minimum atomic E-state index is -0.379. The van der Waals surface area contributed by atoms with Crippen LogP contribution < -0.4 is 10.5 Å². The molecule has 6 nitrogen and oxygen atoms in total. The van der Waals surface area contributed by atoms with Gasteiger partial charge in [0.15, 0.2) is 5.82 Å². The van der Waals surface area contributed by atoms with Crippen LogP contribution in [0.4, 0.5) is 0 Å². The maximum absolute atomic E-state index is 12.4. The summed E-state index contributed by atoms with van der Waals surface area (Å²) < 4.78 is 5.06. The summed E-state index contributed by atoms with van der Waals surface area (Å²) in [5.41, 5.74) is 0.500. The van der Waals surface area contributed by atoms with E-state index in [1.807, 2.05) is 0 Å². The Morgan fingerprint density at radius 1 is 1.35 bits per heavy atom. The second kappa shape index (κ2) is 6.80. The first kappa shape index (κ1) is 16.1. The third-order valence-electron chi connectivity index (χ3n) is 4.29. The molecule has 2 aromatic heterocycles. The molecule has 0 radical (unpaired) electrons. The van der Waals surface area contributed by atoms with Crippen LogP contribution in [0.3, 0.4) is 0 Å². The summed E-state index contributed by atoms with van der Waals surface area (Å²) in [7, 11) is 0. The van der Waals surface area contributed by atoms with Crippen molar-refractivity contribution in [2.75, 3.05) is 19.7 Å². The number of likely N-dealkylation sites (tertiary alicyclic amines) is 1. The molecule has 0 aliphatic carbocycles. The first-order chi connectivity index (χ1) is 11.1. The highest BCUT2D eigenvalue weighted by Crippen LogP contribution is 2.27. The van der Waals surface area contributed by atoms with Gasteiger partial charge in [0.25, 0.3) is 5.56 Å². The van der Waals surface area contributed by atoms with Gasteiger partial charge in [-0.05, 0) is 38.7 Å². The van der Waals surface area contributed by atoms with E-state index in [0.29, 0.717) is 33.1 Å². The number of rotatable bonds is 4. The Bertz CT molecular complexity index is 775. The Morgan fingerprint density at radius 2 is 2.09 bits per heavy atom. The summed E-state index contributed by atoms with van der Waals surface area (Å²) >= 11 is 1.25. The molecule has 0 aromatic carbocycles. The van der Waals surface area contributed by atoms with E-state index in [1.54, 1.807) is 13.8 Å². The van der Waals surface area contributed by atoms with Gasteiger partial charge in [0.05, 0.1) is 25.1 Å². The molecule has 0 unspecified atom stereocenters. The number of piperidine rings is 1. The van der Waals surface area contributed by atoms with Crippen molar-refractivity contribution in [1.82, 2.24) is 9.97 Å². The lowest BCUT2D eigenvalue weighted by Crippen LogP contribution is -3.11. The zero-order chi connectivity index (χ0) is 16.4. The highest BCUT2D eigenvalue weighted by atomic mass is 32.1. The van der Waals surface area contributed by atoms with Crippen molar-refractivity contribution in [1.29, 1.82) is 0 Å². The summed E-state index contributed by atoms with van der Waals surface area (Å²) in [6, 6.07) is 0. The molecule has 3 heterocycles. The quantitative estimate of drug-likeness (QED) is 0.818. The number of nitrogens with one attached hydrogen (secondary N) is 2. The highest BCUT2D eigenvalue weighted by Gasteiger charge is 2.21. The lowest BCUT2D eigenvalue weighted by atomic mass is 10.1. The standard InChI is InChI=1S/C16H21N3O3S/c1-3-22-16(21)13-10(2)12-14(20)17-11(18-15(12)23-13)9-19-7-5-4-6-8-19/h3-9H2,1-2H3,(H,17,18,20)/p+1. The maximum atomic E-state index is 12.4. The first-order valence-corrected chi connectivity index (χ1v) is 8.94. The van der Waals surface area contributed by atoms with E-state index in [2.05, 4.69) is 9.97 Å². The molecule has 124 valence electrons. The van der Waals surface area contributed by atoms with Gasteiger partial charge in [-0.15, -0.1) is 11.3 Å². The topological polar surface area (TPSA) is 76.5 Å². The number of hydrogen-bond donors (Lipinski definition) is 2. The third-order valence-corrected chi connectivity index (χ3v) is 5.45. The van der Waals surface area contributed by atoms with E-state index < -0.39 is 0 Å². The molecule has 23 heavy (non-hydrogen) atoms. The number of hydrogen-bond acceptors (Lipinski definition) is 5. The van der Waals surface area contributed by atoms with E-state index >= 15 is 0 Å². The Kier molecular flexibility index (Phi) is 4.77. The fourth-order valence-electron chi connectivity index (χ4n) is 3.13. The largest absolute Gasteiger partial charge is 0.462 e. The second-order valence-corrected chi connectivity index (χ2v) is 6.96. The number of aryl methyl sites for hydroxylation is 1. The van der Waals surface area contributed by atoms with Crippen molar-refractivity contribution in [2.45, 2.75) is 39.7 Å². The number of H-pyrrole nitrogens is 1. The molecule has 3 rings (SSSR count). The van der Waals surface area contributed by atoms with Crippen LogP contribution in [0.25, 0.3) is 10.2 Å². The minimum Gasteiger partial charge on any atom is -0.462 e. The Labute approximate surface area is 138 Å². The third kappa shape index (κ3) is 3.30. The zero-order valence-electron chi connectivity index (χ0n) is 13.5. The number of thiophene rings is 1. The van der Waals surface area contributed by atoms with Gasteiger partial charge in [0.1, 0.15) is 16.3 Å². The van der Waals surface area contributed by atoms with Crippen LogP contribution in [0.2, 0.25) is 0 Å². The second-order valence-electron chi connectivity index (χ2n) is 5.96. The van der Waals surface area contributed by atoms with Crippen molar-refractivity contribution in [3.8, 4) is 0 Å². The van der Waals surface area contributed by atoms with Crippen LogP contribution in [0.5, 0.6) is 0 Å². The molecular formula is C16H22N3O3S+. The van der Waals surface area contributed by atoms with Crippen molar-refractivity contribution >= 4 is 27.5 Å². The number of carbonyl (C=O) groups excluding carboxylic acids is 1. The molecule has 0 spiro atoms. The maximum Gasteiger partial charge on any atom is 0.348 e. The van der Waals surface area contributed by atoms with E-state index in [1.165, 1.54) is 35.5 Å². The number of aromatic nitrogens is 2. The monoisotopic (exact) mass is 336 g/mol. The van der Waals surface area contributed by atoms with E-state index in [4.69, 9.17) is 4.74 Å². The number of fused-ring (bicyclic) bond motifs is 1. The number of quaternary nitrogens is 1. The van der Waals surface area contributed by atoms with Gasteiger partial charge in [0.2, 0.25) is 0 Å². The molecule has 1 saturated heterocycles. The van der Waals surface area contributed by atoms with Crippen molar-refractivity contribution < 1.29 is 14.4 Å².